The molecule has 0 saturated carbocycles. The van der Waals surface area contributed by atoms with Crippen molar-refractivity contribution in [3.63, 3.8) is 0 Å². The maximum absolute atomic E-state index is 6.45. The van der Waals surface area contributed by atoms with Gasteiger partial charge in [-0.3, -0.25) is 0 Å². The minimum absolute atomic E-state index is 0.143. The van der Waals surface area contributed by atoms with Gasteiger partial charge in [0.25, 0.3) is 0 Å². The smallest absolute Gasteiger partial charge is 0.203 e. The van der Waals surface area contributed by atoms with Gasteiger partial charge in [0.15, 0.2) is 0 Å². The summed E-state index contributed by atoms with van der Waals surface area (Å²) in [4.78, 5) is 0. The second kappa shape index (κ2) is 5.00. The second-order valence-electron chi connectivity index (χ2n) is 6.34. The van der Waals surface area contributed by atoms with Gasteiger partial charge >= 0.3 is 0 Å². The van der Waals surface area contributed by atoms with E-state index in [0.717, 1.165) is 16.9 Å². The van der Waals surface area contributed by atoms with Gasteiger partial charge in [-0.15, -0.1) is 0 Å². The van der Waals surface area contributed by atoms with E-state index >= 15 is 0 Å². The number of nitrogens with zero attached hydrogens (tertiary/aromatic N) is 1. The zero-order chi connectivity index (χ0) is 16.1. The number of rotatable bonds is 1. The summed E-state index contributed by atoms with van der Waals surface area (Å²) in [5.41, 5.74) is 5.94. The fourth-order valence-electron chi connectivity index (χ4n) is 3.58. The van der Waals surface area contributed by atoms with Crippen molar-refractivity contribution >= 4 is 10.9 Å². The molecule has 1 aliphatic heterocycles. The predicted octanol–water partition coefficient (Wildman–Crippen LogP) is 5.56. The van der Waals surface area contributed by atoms with Crippen molar-refractivity contribution in [2.24, 2.45) is 0 Å². The first kappa shape index (κ1) is 13.4. The molecule has 0 saturated heterocycles. The van der Waals surface area contributed by atoms with Gasteiger partial charge in [0.05, 0.1) is 11.2 Å². The third-order valence-electron chi connectivity index (χ3n) is 4.72. The van der Waals surface area contributed by atoms with Crippen molar-refractivity contribution < 1.29 is 4.74 Å². The first-order valence-corrected chi connectivity index (χ1v) is 8.24. The number of ether oxygens (including phenoxy) is 1. The van der Waals surface area contributed by atoms with Gasteiger partial charge < -0.3 is 9.30 Å². The Balaban J connectivity index is 1.84. The van der Waals surface area contributed by atoms with Crippen LogP contribution in [0.5, 0.6) is 5.75 Å². The standard InChI is InChI=1S/C22H17NO/c1-15-11-12-18-20-14-17-9-5-6-10-19(17)23(20)22(24-21(18)13-15)16-7-3-2-4-8-16/h2-14,22H,1H3. The lowest BCUT2D eigenvalue weighted by atomic mass is 10.1. The molecule has 2 heterocycles. The summed E-state index contributed by atoms with van der Waals surface area (Å²) in [7, 11) is 0. The normalized spacial score (nSPS) is 15.6. The lowest BCUT2D eigenvalue weighted by Crippen LogP contribution is -2.22. The Hall–Kier alpha value is -3.00. The van der Waals surface area contributed by atoms with Crippen molar-refractivity contribution in [3.8, 4) is 17.0 Å². The van der Waals surface area contributed by atoms with Crippen LogP contribution in [-0.2, 0) is 0 Å². The molecule has 24 heavy (non-hydrogen) atoms. The minimum Gasteiger partial charge on any atom is -0.465 e. The summed E-state index contributed by atoms with van der Waals surface area (Å²) in [6.45, 7) is 2.10. The zero-order valence-electron chi connectivity index (χ0n) is 13.4. The molecule has 0 bridgehead atoms. The molecule has 0 N–H and O–H groups in total. The number of hydrogen-bond acceptors (Lipinski definition) is 1. The SMILES string of the molecule is Cc1ccc2c(c1)OC(c1ccccc1)n1c-2cc2ccccc21. The molecule has 116 valence electrons. The minimum atomic E-state index is -0.143. The third kappa shape index (κ3) is 1.89. The average Bonchev–Trinajstić information content (AvgIpc) is 3.01. The van der Waals surface area contributed by atoms with Gasteiger partial charge in [0, 0.05) is 16.5 Å². The molecule has 4 aromatic rings. The van der Waals surface area contributed by atoms with Gasteiger partial charge in [-0.05, 0) is 36.8 Å². The summed E-state index contributed by atoms with van der Waals surface area (Å²) in [6.07, 6.45) is -0.143. The summed E-state index contributed by atoms with van der Waals surface area (Å²) < 4.78 is 8.76. The van der Waals surface area contributed by atoms with E-state index in [4.69, 9.17) is 4.74 Å². The molecule has 0 aliphatic carbocycles. The van der Waals surface area contributed by atoms with E-state index in [1.807, 2.05) is 6.07 Å². The quantitative estimate of drug-likeness (QED) is 0.449. The highest BCUT2D eigenvalue weighted by molar-refractivity contribution is 5.89. The van der Waals surface area contributed by atoms with Crippen LogP contribution in [0.2, 0.25) is 0 Å². The third-order valence-corrected chi connectivity index (χ3v) is 4.72. The van der Waals surface area contributed by atoms with Crippen LogP contribution in [0.3, 0.4) is 0 Å². The number of hydrogen-bond donors (Lipinski definition) is 0. The van der Waals surface area contributed by atoms with E-state index < -0.39 is 0 Å². The second-order valence-corrected chi connectivity index (χ2v) is 6.34. The molecule has 0 spiro atoms. The Morgan fingerprint density at radius 2 is 1.62 bits per heavy atom. The van der Waals surface area contributed by atoms with E-state index in [2.05, 4.69) is 84.3 Å². The summed E-state index contributed by atoms with van der Waals surface area (Å²) in [5.74, 6) is 0.958. The molecule has 1 aromatic heterocycles. The highest BCUT2D eigenvalue weighted by atomic mass is 16.5. The summed E-state index contributed by atoms with van der Waals surface area (Å²) in [6, 6.07) is 27.6. The van der Waals surface area contributed by atoms with Gasteiger partial charge in [-0.1, -0.05) is 54.6 Å². The summed E-state index contributed by atoms with van der Waals surface area (Å²) in [5, 5.41) is 1.24. The van der Waals surface area contributed by atoms with Crippen molar-refractivity contribution in [1.82, 2.24) is 4.57 Å². The highest BCUT2D eigenvalue weighted by Gasteiger charge is 2.28. The fourth-order valence-corrected chi connectivity index (χ4v) is 3.58. The Kier molecular flexibility index (Phi) is 2.80. The first-order chi connectivity index (χ1) is 11.8. The van der Waals surface area contributed by atoms with Crippen LogP contribution in [0.4, 0.5) is 0 Å². The number of benzene rings is 3. The molecular formula is C22H17NO. The van der Waals surface area contributed by atoms with E-state index in [9.17, 15) is 0 Å². The number of aromatic nitrogens is 1. The Bertz CT molecular complexity index is 1050. The van der Waals surface area contributed by atoms with Gasteiger partial charge in [0.1, 0.15) is 5.75 Å². The maximum Gasteiger partial charge on any atom is 0.203 e. The Morgan fingerprint density at radius 1 is 0.833 bits per heavy atom. The van der Waals surface area contributed by atoms with E-state index in [1.165, 1.54) is 22.2 Å². The largest absolute Gasteiger partial charge is 0.465 e. The zero-order valence-corrected chi connectivity index (χ0v) is 13.4. The highest BCUT2D eigenvalue weighted by Crippen LogP contribution is 2.44. The van der Waals surface area contributed by atoms with Crippen LogP contribution in [0.25, 0.3) is 22.2 Å². The Labute approximate surface area is 140 Å². The number of fused-ring (bicyclic) bond motifs is 5. The van der Waals surface area contributed by atoms with E-state index in [1.54, 1.807) is 0 Å². The topological polar surface area (TPSA) is 14.2 Å². The Morgan fingerprint density at radius 3 is 2.50 bits per heavy atom. The van der Waals surface area contributed by atoms with Crippen LogP contribution in [-0.4, -0.2) is 4.57 Å². The molecule has 1 atom stereocenters. The van der Waals surface area contributed by atoms with Crippen LogP contribution in [0, 0.1) is 6.92 Å². The molecule has 0 radical (unpaired) electrons. The first-order valence-electron chi connectivity index (χ1n) is 8.24. The molecule has 1 aliphatic rings. The number of para-hydroxylation sites is 1. The molecule has 5 rings (SSSR count). The van der Waals surface area contributed by atoms with Crippen LogP contribution < -0.4 is 4.74 Å². The lowest BCUT2D eigenvalue weighted by molar-refractivity contribution is 0.173. The van der Waals surface area contributed by atoms with Crippen LogP contribution in [0.1, 0.15) is 17.4 Å². The van der Waals surface area contributed by atoms with Crippen LogP contribution in [0.15, 0.2) is 78.9 Å². The van der Waals surface area contributed by atoms with Gasteiger partial charge in [-0.25, -0.2) is 0 Å². The molecule has 2 heteroatoms. The monoisotopic (exact) mass is 311 g/mol. The van der Waals surface area contributed by atoms with Crippen molar-refractivity contribution in [2.75, 3.05) is 0 Å². The lowest BCUT2D eigenvalue weighted by Gasteiger charge is -2.30. The van der Waals surface area contributed by atoms with Gasteiger partial charge in [0.2, 0.25) is 6.23 Å². The molecule has 3 aromatic carbocycles. The van der Waals surface area contributed by atoms with E-state index in [0.29, 0.717) is 0 Å². The van der Waals surface area contributed by atoms with Crippen molar-refractivity contribution in [1.29, 1.82) is 0 Å². The van der Waals surface area contributed by atoms with Crippen LogP contribution >= 0.6 is 0 Å². The van der Waals surface area contributed by atoms with Gasteiger partial charge in [-0.2, -0.15) is 0 Å². The molecule has 0 fully saturated rings. The molecular weight excluding hydrogens is 294 g/mol. The van der Waals surface area contributed by atoms with Crippen molar-refractivity contribution in [2.45, 2.75) is 13.2 Å². The molecule has 1 unspecified atom stereocenters. The molecule has 0 amide bonds. The molecule has 2 nitrogen and oxygen atoms in total. The van der Waals surface area contributed by atoms with Crippen molar-refractivity contribution in [3.05, 3.63) is 90.0 Å². The fraction of sp³-hybridized carbons (Fsp3) is 0.0909. The predicted molar refractivity (Wildman–Crippen MR) is 97.3 cm³/mol. The average molecular weight is 311 g/mol. The summed E-state index contributed by atoms with van der Waals surface area (Å²) >= 11 is 0. The van der Waals surface area contributed by atoms with E-state index in [-0.39, 0.29) is 6.23 Å². The number of aryl methyl sites for hydroxylation is 1. The maximum atomic E-state index is 6.45.